The van der Waals surface area contributed by atoms with E-state index < -0.39 is 0 Å². The van der Waals surface area contributed by atoms with Crippen LogP contribution in [0.1, 0.15) is 11.1 Å². The molecule has 0 atom stereocenters. The molecule has 2 N–H and O–H groups in total. The zero-order valence-electron chi connectivity index (χ0n) is 17.9. The Balaban J connectivity index is 1.59. The number of likely N-dealkylation sites (N-methyl/N-ethyl adjacent to an activating group) is 1. The molecule has 0 radical (unpaired) electrons. The highest BCUT2D eigenvalue weighted by Gasteiger charge is 2.17. The number of pyridine rings is 1. The first kappa shape index (κ1) is 21.1. The summed E-state index contributed by atoms with van der Waals surface area (Å²) in [6.07, 6.45) is 0. The first-order chi connectivity index (χ1) is 14.9. The fraction of sp³-hybridized carbons (Fsp3) is 0.304. The van der Waals surface area contributed by atoms with E-state index in [1.807, 2.05) is 62.3 Å². The summed E-state index contributed by atoms with van der Waals surface area (Å²) < 4.78 is 10.9. The van der Waals surface area contributed by atoms with Crippen molar-refractivity contribution in [2.45, 2.75) is 13.5 Å². The quantitative estimate of drug-likeness (QED) is 0.572. The van der Waals surface area contributed by atoms with E-state index in [9.17, 15) is 4.79 Å². The number of benzene rings is 2. The van der Waals surface area contributed by atoms with Crippen LogP contribution in [0.3, 0.4) is 0 Å². The monoisotopic (exact) mass is 438 g/mol. The van der Waals surface area contributed by atoms with Crippen LogP contribution in [0.2, 0.25) is 0 Å². The number of nitrogens with one attached hydrogen (secondary N) is 2. The molecule has 0 aliphatic carbocycles. The number of aromatic amines is 1. The minimum absolute atomic E-state index is 0.139. The van der Waals surface area contributed by atoms with Crippen LogP contribution < -0.4 is 20.3 Å². The van der Waals surface area contributed by atoms with Crippen LogP contribution in [0.5, 0.6) is 11.5 Å². The Morgan fingerprint density at radius 1 is 1.10 bits per heavy atom. The summed E-state index contributed by atoms with van der Waals surface area (Å²) in [5, 5.41) is 4.77. The second-order valence-corrected chi connectivity index (χ2v) is 8.32. The molecule has 8 heteroatoms. The number of thiocarbonyl (C=S) groups is 1. The molecular formula is C23H26N4O3S. The van der Waals surface area contributed by atoms with Crippen molar-refractivity contribution in [3.63, 3.8) is 0 Å². The Bertz CT molecular complexity index is 1160. The second-order valence-electron chi connectivity index (χ2n) is 7.94. The molecule has 0 saturated carbocycles. The van der Waals surface area contributed by atoms with E-state index in [1.165, 1.54) is 5.56 Å². The van der Waals surface area contributed by atoms with Crippen LogP contribution in [0.4, 0.5) is 5.69 Å². The zero-order chi connectivity index (χ0) is 22.0. The molecular weight excluding hydrogens is 412 g/mol. The van der Waals surface area contributed by atoms with E-state index in [2.05, 4.69) is 15.2 Å². The number of aryl methyl sites for hydroxylation is 1. The van der Waals surface area contributed by atoms with Crippen LogP contribution in [-0.2, 0) is 6.54 Å². The van der Waals surface area contributed by atoms with Crippen LogP contribution in [0, 0.1) is 6.92 Å². The van der Waals surface area contributed by atoms with Gasteiger partial charge >= 0.3 is 0 Å². The number of nitrogens with zero attached hydrogens (tertiary/aromatic N) is 2. The molecule has 0 saturated heterocycles. The molecule has 3 aromatic rings. The lowest BCUT2D eigenvalue weighted by atomic mass is 10.1. The third kappa shape index (κ3) is 4.98. The van der Waals surface area contributed by atoms with Gasteiger partial charge in [0.1, 0.15) is 0 Å². The average Bonchev–Trinajstić information content (AvgIpc) is 3.18. The van der Waals surface area contributed by atoms with Gasteiger partial charge in [-0.3, -0.25) is 4.79 Å². The Labute approximate surface area is 186 Å². The first-order valence-corrected chi connectivity index (χ1v) is 10.5. The SMILES string of the molecule is Cc1ccc(NC(=S)N(CCN(C)C)Cc2cc3cc4c(cc3[nH]c2=O)OCO4)cc1. The summed E-state index contributed by atoms with van der Waals surface area (Å²) in [7, 11) is 4.03. The summed E-state index contributed by atoms with van der Waals surface area (Å²) >= 11 is 5.69. The molecule has 1 aliphatic heterocycles. The summed E-state index contributed by atoms with van der Waals surface area (Å²) in [5.41, 5.74) is 3.32. The molecule has 162 valence electrons. The van der Waals surface area contributed by atoms with Crippen LogP contribution >= 0.6 is 12.2 Å². The molecule has 0 fully saturated rings. The highest BCUT2D eigenvalue weighted by molar-refractivity contribution is 7.80. The summed E-state index contributed by atoms with van der Waals surface area (Å²) in [6.45, 7) is 4.12. The summed E-state index contributed by atoms with van der Waals surface area (Å²) in [6, 6.07) is 13.7. The van der Waals surface area contributed by atoms with E-state index in [0.717, 1.165) is 23.1 Å². The Morgan fingerprint density at radius 2 is 1.81 bits per heavy atom. The number of anilines is 1. The van der Waals surface area contributed by atoms with Crippen molar-refractivity contribution < 1.29 is 9.47 Å². The van der Waals surface area contributed by atoms with Gasteiger partial charge < -0.3 is 29.6 Å². The lowest BCUT2D eigenvalue weighted by Gasteiger charge is -2.27. The Kier molecular flexibility index (Phi) is 6.11. The van der Waals surface area contributed by atoms with E-state index in [0.29, 0.717) is 35.3 Å². The van der Waals surface area contributed by atoms with Gasteiger partial charge in [0.15, 0.2) is 16.6 Å². The maximum Gasteiger partial charge on any atom is 0.253 e. The smallest absolute Gasteiger partial charge is 0.253 e. The minimum atomic E-state index is -0.139. The molecule has 4 rings (SSSR count). The van der Waals surface area contributed by atoms with Crippen molar-refractivity contribution in [1.82, 2.24) is 14.8 Å². The third-order valence-corrected chi connectivity index (χ3v) is 5.54. The van der Waals surface area contributed by atoms with Crippen molar-refractivity contribution in [3.8, 4) is 11.5 Å². The molecule has 0 amide bonds. The van der Waals surface area contributed by atoms with Crippen LogP contribution in [0.25, 0.3) is 10.9 Å². The van der Waals surface area contributed by atoms with Gasteiger partial charge in [-0.2, -0.15) is 0 Å². The first-order valence-electron chi connectivity index (χ1n) is 10.1. The molecule has 1 aromatic heterocycles. The number of H-pyrrole nitrogens is 1. The molecule has 1 aliphatic rings. The van der Waals surface area contributed by atoms with E-state index in [1.54, 1.807) is 6.07 Å². The Morgan fingerprint density at radius 3 is 2.52 bits per heavy atom. The maximum atomic E-state index is 12.8. The number of fused-ring (bicyclic) bond motifs is 2. The van der Waals surface area contributed by atoms with Gasteiger partial charge in [-0.25, -0.2) is 0 Å². The van der Waals surface area contributed by atoms with Crippen molar-refractivity contribution >= 4 is 33.9 Å². The van der Waals surface area contributed by atoms with E-state index in [4.69, 9.17) is 21.7 Å². The van der Waals surface area contributed by atoms with E-state index in [-0.39, 0.29) is 12.4 Å². The van der Waals surface area contributed by atoms with Crippen LogP contribution in [0.15, 0.2) is 47.3 Å². The van der Waals surface area contributed by atoms with Gasteiger partial charge in [-0.1, -0.05) is 17.7 Å². The second kappa shape index (κ2) is 8.95. The molecule has 0 bridgehead atoms. The van der Waals surface area contributed by atoms with E-state index >= 15 is 0 Å². The van der Waals surface area contributed by atoms with Crippen molar-refractivity contribution in [3.05, 3.63) is 63.9 Å². The number of ether oxygens (including phenoxy) is 2. The van der Waals surface area contributed by atoms with Crippen LogP contribution in [-0.4, -0.2) is 53.9 Å². The number of hydrogen-bond acceptors (Lipinski definition) is 5. The largest absolute Gasteiger partial charge is 0.454 e. The molecule has 2 heterocycles. The fourth-order valence-corrected chi connectivity index (χ4v) is 3.65. The molecule has 0 spiro atoms. The van der Waals surface area contributed by atoms with Gasteiger partial charge in [0.05, 0.1) is 12.1 Å². The Hall–Kier alpha value is -3.10. The highest BCUT2D eigenvalue weighted by atomic mass is 32.1. The fourth-order valence-electron chi connectivity index (χ4n) is 3.38. The zero-order valence-corrected chi connectivity index (χ0v) is 18.7. The number of rotatable bonds is 6. The van der Waals surface area contributed by atoms with Crippen molar-refractivity contribution in [2.75, 3.05) is 39.3 Å². The topological polar surface area (TPSA) is 69.8 Å². The number of aromatic nitrogens is 1. The third-order valence-electron chi connectivity index (χ3n) is 5.18. The van der Waals surface area contributed by atoms with Gasteiger partial charge in [0.25, 0.3) is 5.56 Å². The van der Waals surface area contributed by atoms with Gasteiger partial charge in [0.2, 0.25) is 6.79 Å². The lowest BCUT2D eigenvalue weighted by molar-refractivity contribution is 0.174. The summed E-state index contributed by atoms with van der Waals surface area (Å²) in [4.78, 5) is 19.9. The highest BCUT2D eigenvalue weighted by Crippen LogP contribution is 2.35. The normalized spacial score (nSPS) is 12.4. The molecule has 31 heavy (non-hydrogen) atoms. The lowest BCUT2D eigenvalue weighted by Crippen LogP contribution is -2.40. The van der Waals surface area contributed by atoms with Crippen molar-refractivity contribution in [2.24, 2.45) is 0 Å². The number of hydrogen-bond donors (Lipinski definition) is 2. The van der Waals surface area contributed by atoms with Gasteiger partial charge in [-0.15, -0.1) is 0 Å². The maximum absolute atomic E-state index is 12.8. The molecule has 7 nitrogen and oxygen atoms in total. The van der Waals surface area contributed by atoms with Gasteiger partial charge in [-0.05, 0) is 57.5 Å². The molecule has 0 unspecified atom stereocenters. The standard InChI is InChI=1S/C23H26N4O3S/c1-15-4-6-18(7-5-15)24-23(31)27(9-8-26(2)3)13-17-10-16-11-20-21(30-14-29-20)12-19(16)25-22(17)28/h4-7,10-12H,8-9,13-14H2,1-3H3,(H,24,31)(H,25,28). The predicted molar refractivity (Wildman–Crippen MR) is 127 cm³/mol. The summed E-state index contributed by atoms with van der Waals surface area (Å²) in [5.74, 6) is 1.33. The minimum Gasteiger partial charge on any atom is -0.454 e. The van der Waals surface area contributed by atoms with Gasteiger partial charge in [0, 0.05) is 35.8 Å². The predicted octanol–water partition coefficient (Wildman–Crippen LogP) is 3.33. The average molecular weight is 439 g/mol. The van der Waals surface area contributed by atoms with Crippen molar-refractivity contribution in [1.29, 1.82) is 0 Å². The molecule has 2 aromatic carbocycles.